The first-order valence-corrected chi connectivity index (χ1v) is 9.83. The van der Waals surface area contributed by atoms with Crippen molar-refractivity contribution in [1.82, 2.24) is 0 Å². The largest absolute Gasteiger partial charge is 0.482 e. The molecule has 0 saturated carbocycles. The third-order valence-electron chi connectivity index (χ3n) is 4.63. The van der Waals surface area contributed by atoms with Crippen molar-refractivity contribution in [2.75, 3.05) is 19.8 Å². The van der Waals surface area contributed by atoms with Crippen molar-refractivity contribution in [3.05, 3.63) is 59.7 Å². The van der Waals surface area contributed by atoms with Gasteiger partial charge in [-0.3, -0.25) is 0 Å². The van der Waals surface area contributed by atoms with E-state index in [4.69, 9.17) is 18.9 Å². The van der Waals surface area contributed by atoms with Gasteiger partial charge < -0.3 is 18.9 Å². The minimum Gasteiger partial charge on any atom is -0.482 e. The number of hydrogen-bond acceptors (Lipinski definition) is 6. The molecule has 0 radical (unpaired) electrons. The maximum absolute atomic E-state index is 12.2. The number of carbonyl (C=O) groups excluding carboxylic acids is 2. The van der Waals surface area contributed by atoms with Crippen molar-refractivity contribution in [3.8, 4) is 11.5 Å². The summed E-state index contributed by atoms with van der Waals surface area (Å²) in [4.78, 5) is 24.2. The van der Waals surface area contributed by atoms with Crippen LogP contribution in [0.4, 0.5) is 0 Å². The van der Waals surface area contributed by atoms with Crippen molar-refractivity contribution >= 4 is 11.9 Å². The summed E-state index contributed by atoms with van der Waals surface area (Å²) in [7, 11) is 0. The van der Waals surface area contributed by atoms with Crippen LogP contribution >= 0.6 is 0 Å². The van der Waals surface area contributed by atoms with Crippen LogP contribution < -0.4 is 9.47 Å². The van der Waals surface area contributed by atoms with Crippen LogP contribution in [0.25, 0.3) is 0 Å². The van der Waals surface area contributed by atoms with Gasteiger partial charge in [-0.05, 0) is 54.7 Å². The average molecular weight is 398 g/mol. The van der Waals surface area contributed by atoms with Crippen LogP contribution in [-0.2, 0) is 14.3 Å². The van der Waals surface area contributed by atoms with Gasteiger partial charge in [0.2, 0.25) is 0 Å². The lowest BCUT2D eigenvalue weighted by Crippen LogP contribution is -2.19. The quantitative estimate of drug-likeness (QED) is 0.492. The summed E-state index contributed by atoms with van der Waals surface area (Å²) < 4.78 is 21.4. The Hall–Kier alpha value is -2.86. The van der Waals surface area contributed by atoms with Gasteiger partial charge in [0.25, 0.3) is 0 Å². The summed E-state index contributed by atoms with van der Waals surface area (Å²) in [5.41, 5.74) is 1.52. The molecule has 1 aliphatic heterocycles. The second-order valence-corrected chi connectivity index (χ2v) is 7.25. The molecule has 0 N–H and O–H groups in total. The third kappa shape index (κ3) is 6.32. The van der Waals surface area contributed by atoms with Gasteiger partial charge in [0, 0.05) is 6.61 Å². The zero-order valence-corrected chi connectivity index (χ0v) is 16.8. The van der Waals surface area contributed by atoms with E-state index in [0.29, 0.717) is 23.8 Å². The minimum atomic E-state index is -0.553. The van der Waals surface area contributed by atoms with Gasteiger partial charge in [-0.15, -0.1) is 0 Å². The fourth-order valence-electron chi connectivity index (χ4n) is 2.97. The molecule has 1 heterocycles. The molecular weight excluding hydrogens is 372 g/mol. The van der Waals surface area contributed by atoms with Gasteiger partial charge in [-0.1, -0.05) is 32.0 Å². The Labute approximate surface area is 170 Å². The highest BCUT2D eigenvalue weighted by molar-refractivity contribution is 5.90. The van der Waals surface area contributed by atoms with Crippen LogP contribution in [-0.4, -0.2) is 37.9 Å². The predicted molar refractivity (Wildman–Crippen MR) is 107 cm³/mol. The van der Waals surface area contributed by atoms with Crippen LogP contribution in [0.2, 0.25) is 0 Å². The molecule has 6 nitrogen and oxygen atoms in total. The molecular formula is C23H26O6. The highest BCUT2D eigenvalue weighted by atomic mass is 16.6. The molecule has 3 rings (SSSR count). The number of benzene rings is 2. The Morgan fingerprint density at radius 2 is 1.90 bits per heavy atom. The Morgan fingerprint density at radius 1 is 1.10 bits per heavy atom. The van der Waals surface area contributed by atoms with Gasteiger partial charge in [0.1, 0.15) is 18.1 Å². The highest BCUT2D eigenvalue weighted by Gasteiger charge is 2.18. The van der Waals surface area contributed by atoms with Crippen LogP contribution in [0.3, 0.4) is 0 Å². The third-order valence-corrected chi connectivity index (χ3v) is 4.63. The molecule has 29 heavy (non-hydrogen) atoms. The summed E-state index contributed by atoms with van der Waals surface area (Å²) in [5, 5.41) is 0. The maximum Gasteiger partial charge on any atom is 0.349 e. The van der Waals surface area contributed by atoms with E-state index in [1.54, 1.807) is 18.2 Å². The Bertz CT molecular complexity index is 822. The molecule has 1 unspecified atom stereocenters. The van der Waals surface area contributed by atoms with Crippen molar-refractivity contribution in [1.29, 1.82) is 0 Å². The lowest BCUT2D eigenvalue weighted by molar-refractivity contribution is -0.136. The summed E-state index contributed by atoms with van der Waals surface area (Å²) in [5.74, 6) is 0.263. The summed E-state index contributed by atoms with van der Waals surface area (Å²) in [6.45, 7) is 4.93. The molecule has 1 atom stereocenters. The minimum absolute atomic E-state index is 0.0355. The van der Waals surface area contributed by atoms with Crippen LogP contribution in [0, 0.1) is 0 Å². The van der Waals surface area contributed by atoms with Gasteiger partial charge >= 0.3 is 11.9 Å². The maximum atomic E-state index is 12.2. The van der Waals surface area contributed by atoms with Crippen molar-refractivity contribution in [2.24, 2.45) is 0 Å². The molecule has 2 aromatic carbocycles. The second-order valence-electron chi connectivity index (χ2n) is 7.25. The van der Waals surface area contributed by atoms with E-state index in [9.17, 15) is 9.59 Å². The van der Waals surface area contributed by atoms with E-state index in [2.05, 4.69) is 13.8 Å². The number of ether oxygens (including phenoxy) is 4. The van der Waals surface area contributed by atoms with Crippen LogP contribution in [0.5, 0.6) is 11.5 Å². The number of hydrogen-bond donors (Lipinski definition) is 0. The van der Waals surface area contributed by atoms with E-state index in [1.165, 1.54) is 11.6 Å². The molecule has 6 heteroatoms. The van der Waals surface area contributed by atoms with Crippen molar-refractivity contribution in [3.63, 3.8) is 0 Å². The number of carbonyl (C=O) groups is 2. The molecule has 1 fully saturated rings. The Balaban J connectivity index is 1.48. The number of rotatable bonds is 8. The molecule has 0 aliphatic carbocycles. The monoisotopic (exact) mass is 398 g/mol. The molecule has 0 aromatic heterocycles. The van der Waals surface area contributed by atoms with E-state index in [1.807, 2.05) is 24.3 Å². The van der Waals surface area contributed by atoms with Crippen LogP contribution in [0.15, 0.2) is 48.5 Å². The Kier molecular flexibility index (Phi) is 7.25. The lowest BCUT2D eigenvalue weighted by atomic mass is 10.0. The van der Waals surface area contributed by atoms with Crippen molar-refractivity contribution in [2.45, 2.75) is 38.7 Å². The molecule has 2 aromatic rings. The normalized spacial score (nSPS) is 15.9. The SMILES string of the molecule is CC(C)c1ccc(OCC(=O)Oc2cccc(C(=O)OCC3CCCO3)c2)cc1. The fraction of sp³-hybridized carbons (Fsp3) is 0.391. The molecule has 154 valence electrons. The first-order chi connectivity index (χ1) is 14.0. The summed E-state index contributed by atoms with van der Waals surface area (Å²) in [6, 6.07) is 13.9. The molecule has 1 aliphatic rings. The smallest absolute Gasteiger partial charge is 0.349 e. The van der Waals surface area contributed by atoms with Crippen molar-refractivity contribution < 1.29 is 28.5 Å². The van der Waals surface area contributed by atoms with Gasteiger partial charge in [0.05, 0.1) is 11.7 Å². The van der Waals surface area contributed by atoms with E-state index in [-0.39, 0.29) is 25.1 Å². The standard InChI is InChI=1S/C23H26O6/c1-16(2)17-8-10-19(11-9-17)27-15-22(24)29-20-6-3-5-18(13-20)23(25)28-14-21-7-4-12-26-21/h3,5-6,8-11,13,16,21H,4,7,12,14-15H2,1-2H3. The average Bonchev–Trinajstić information content (AvgIpc) is 3.24. The lowest BCUT2D eigenvalue weighted by Gasteiger charge is -2.11. The number of esters is 2. The topological polar surface area (TPSA) is 71.1 Å². The molecule has 1 saturated heterocycles. The summed E-state index contributed by atoms with van der Waals surface area (Å²) >= 11 is 0. The predicted octanol–water partition coefficient (Wildman–Crippen LogP) is 4.13. The second kappa shape index (κ2) is 10.1. The van der Waals surface area contributed by atoms with E-state index in [0.717, 1.165) is 12.8 Å². The van der Waals surface area contributed by atoms with E-state index >= 15 is 0 Å². The first-order valence-electron chi connectivity index (χ1n) is 9.83. The van der Waals surface area contributed by atoms with Gasteiger partial charge in [-0.2, -0.15) is 0 Å². The Morgan fingerprint density at radius 3 is 2.59 bits per heavy atom. The summed E-state index contributed by atoms with van der Waals surface area (Å²) in [6.07, 6.45) is 1.84. The van der Waals surface area contributed by atoms with Gasteiger partial charge in [-0.25, -0.2) is 9.59 Å². The van der Waals surface area contributed by atoms with E-state index < -0.39 is 11.9 Å². The van der Waals surface area contributed by atoms with Crippen LogP contribution in [0.1, 0.15) is 48.5 Å². The highest BCUT2D eigenvalue weighted by Crippen LogP contribution is 2.19. The van der Waals surface area contributed by atoms with Gasteiger partial charge in [0.15, 0.2) is 6.61 Å². The fourth-order valence-corrected chi connectivity index (χ4v) is 2.97. The molecule has 0 bridgehead atoms. The molecule has 0 spiro atoms. The zero-order valence-electron chi connectivity index (χ0n) is 16.8. The molecule has 0 amide bonds. The first kappa shape index (κ1) is 20.9. The zero-order chi connectivity index (χ0) is 20.6.